The summed E-state index contributed by atoms with van der Waals surface area (Å²) in [5.74, 6) is 0.339. The molecule has 0 aliphatic rings. The Hall–Kier alpha value is -1.55. The molecule has 15 heavy (non-hydrogen) atoms. The average molecular weight is 208 g/mol. The van der Waals surface area contributed by atoms with E-state index in [0.717, 1.165) is 11.3 Å². The molecule has 0 heterocycles. The first-order chi connectivity index (χ1) is 7.22. The van der Waals surface area contributed by atoms with Gasteiger partial charge in [-0.3, -0.25) is 4.79 Å². The predicted molar refractivity (Wildman–Crippen MR) is 58.9 cm³/mol. The highest BCUT2D eigenvalue weighted by Gasteiger charge is 2.17. The molecule has 0 fully saturated rings. The van der Waals surface area contributed by atoms with E-state index in [9.17, 15) is 4.79 Å². The van der Waals surface area contributed by atoms with E-state index in [1.165, 1.54) is 0 Å². The van der Waals surface area contributed by atoms with Gasteiger partial charge in [0.25, 0.3) is 0 Å². The minimum absolute atomic E-state index is 0.0780. The van der Waals surface area contributed by atoms with E-state index in [1.54, 1.807) is 14.2 Å². The monoisotopic (exact) mass is 208 g/mol. The van der Waals surface area contributed by atoms with E-state index in [0.29, 0.717) is 0 Å². The van der Waals surface area contributed by atoms with Gasteiger partial charge in [-0.05, 0) is 17.7 Å². The number of amides is 1. The van der Waals surface area contributed by atoms with Crippen LogP contribution < -0.4 is 15.8 Å². The zero-order valence-electron chi connectivity index (χ0n) is 8.99. The lowest BCUT2D eigenvalue weighted by atomic mass is 9.98. The van der Waals surface area contributed by atoms with Crippen molar-refractivity contribution >= 4 is 5.91 Å². The minimum atomic E-state index is -0.315. The molecule has 1 amide bonds. The van der Waals surface area contributed by atoms with Gasteiger partial charge in [0, 0.05) is 13.6 Å². The first-order valence-electron chi connectivity index (χ1n) is 4.78. The number of carbonyl (C=O) groups is 1. The van der Waals surface area contributed by atoms with Crippen LogP contribution in [0.2, 0.25) is 0 Å². The topological polar surface area (TPSA) is 64.4 Å². The number of ether oxygens (including phenoxy) is 1. The largest absolute Gasteiger partial charge is 0.497 e. The molecule has 0 saturated carbocycles. The molecule has 3 N–H and O–H groups in total. The summed E-state index contributed by atoms with van der Waals surface area (Å²) < 4.78 is 5.09. The standard InChI is InChI=1S/C11H16N2O2/c1-13-11(14)10(7-12)8-4-3-5-9(6-8)15-2/h3-6,10H,7,12H2,1-2H3,(H,13,14). The van der Waals surface area contributed by atoms with Crippen LogP contribution in [0.5, 0.6) is 5.75 Å². The van der Waals surface area contributed by atoms with E-state index in [-0.39, 0.29) is 18.4 Å². The molecule has 0 aliphatic carbocycles. The van der Waals surface area contributed by atoms with Crippen molar-refractivity contribution in [2.45, 2.75) is 5.92 Å². The quantitative estimate of drug-likeness (QED) is 0.756. The molecule has 0 aliphatic heterocycles. The minimum Gasteiger partial charge on any atom is -0.497 e. The number of carbonyl (C=O) groups excluding carboxylic acids is 1. The number of methoxy groups -OCH3 is 1. The molecule has 1 atom stereocenters. The summed E-state index contributed by atoms with van der Waals surface area (Å²) in [6.45, 7) is 0.285. The highest BCUT2D eigenvalue weighted by atomic mass is 16.5. The number of hydrogen-bond acceptors (Lipinski definition) is 3. The molecule has 0 spiro atoms. The molecule has 1 unspecified atom stereocenters. The second-order valence-electron chi connectivity index (χ2n) is 3.18. The Morgan fingerprint density at radius 3 is 2.87 bits per heavy atom. The van der Waals surface area contributed by atoms with Crippen LogP contribution in [0.1, 0.15) is 11.5 Å². The van der Waals surface area contributed by atoms with E-state index < -0.39 is 0 Å². The predicted octanol–water partition coefficient (Wildman–Crippen LogP) is 0.483. The fourth-order valence-corrected chi connectivity index (χ4v) is 1.43. The Kier molecular flexibility index (Phi) is 4.12. The van der Waals surface area contributed by atoms with Gasteiger partial charge in [0.1, 0.15) is 5.75 Å². The molecule has 1 aromatic rings. The zero-order chi connectivity index (χ0) is 11.3. The second kappa shape index (κ2) is 5.36. The van der Waals surface area contributed by atoms with Crippen LogP contribution in [0.3, 0.4) is 0 Å². The van der Waals surface area contributed by atoms with Crippen LogP contribution in [-0.4, -0.2) is 26.6 Å². The summed E-state index contributed by atoms with van der Waals surface area (Å²) in [6.07, 6.45) is 0. The summed E-state index contributed by atoms with van der Waals surface area (Å²) >= 11 is 0. The van der Waals surface area contributed by atoms with Crippen molar-refractivity contribution in [1.29, 1.82) is 0 Å². The van der Waals surface area contributed by atoms with Crippen molar-refractivity contribution in [3.63, 3.8) is 0 Å². The summed E-state index contributed by atoms with van der Waals surface area (Å²) in [5.41, 5.74) is 6.44. The van der Waals surface area contributed by atoms with Gasteiger partial charge in [0.2, 0.25) is 5.91 Å². The van der Waals surface area contributed by atoms with Gasteiger partial charge in [-0.25, -0.2) is 0 Å². The normalized spacial score (nSPS) is 11.9. The first kappa shape index (κ1) is 11.5. The third-order valence-corrected chi connectivity index (χ3v) is 2.29. The second-order valence-corrected chi connectivity index (χ2v) is 3.18. The molecular weight excluding hydrogens is 192 g/mol. The van der Waals surface area contributed by atoms with Gasteiger partial charge in [0.05, 0.1) is 13.0 Å². The Balaban J connectivity index is 2.96. The van der Waals surface area contributed by atoms with Crippen molar-refractivity contribution in [2.75, 3.05) is 20.7 Å². The maximum atomic E-state index is 11.5. The van der Waals surface area contributed by atoms with Gasteiger partial charge in [-0.1, -0.05) is 12.1 Å². The van der Waals surface area contributed by atoms with Crippen molar-refractivity contribution in [1.82, 2.24) is 5.32 Å². The maximum absolute atomic E-state index is 11.5. The number of hydrogen-bond donors (Lipinski definition) is 2. The third kappa shape index (κ3) is 2.70. The first-order valence-corrected chi connectivity index (χ1v) is 4.78. The number of benzene rings is 1. The molecule has 82 valence electrons. The van der Waals surface area contributed by atoms with Crippen LogP contribution in [0.15, 0.2) is 24.3 Å². The Bertz CT molecular complexity index is 339. The van der Waals surface area contributed by atoms with Crippen molar-refractivity contribution in [3.8, 4) is 5.75 Å². The zero-order valence-corrected chi connectivity index (χ0v) is 8.99. The lowest BCUT2D eigenvalue weighted by molar-refractivity contribution is -0.121. The third-order valence-electron chi connectivity index (χ3n) is 2.29. The van der Waals surface area contributed by atoms with E-state index in [2.05, 4.69) is 5.32 Å². The summed E-state index contributed by atoms with van der Waals surface area (Å²) in [5, 5.41) is 2.59. The molecule has 0 aromatic heterocycles. The Morgan fingerprint density at radius 2 is 2.33 bits per heavy atom. The number of rotatable bonds is 4. The average Bonchev–Trinajstić information content (AvgIpc) is 2.30. The number of likely N-dealkylation sites (N-methyl/N-ethyl adjacent to an activating group) is 1. The summed E-state index contributed by atoms with van der Waals surface area (Å²) in [6, 6.07) is 7.38. The maximum Gasteiger partial charge on any atom is 0.228 e. The molecule has 1 aromatic carbocycles. The highest BCUT2D eigenvalue weighted by Crippen LogP contribution is 2.20. The SMILES string of the molecule is CNC(=O)C(CN)c1cccc(OC)c1. The lowest BCUT2D eigenvalue weighted by Gasteiger charge is -2.14. The van der Waals surface area contributed by atoms with Crippen molar-refractivity contribution in [2.24, 2.45) is 5.73 Å². The van der Waals surface area contributed by atoms with Crippen LogP contribution in [-0.2, 0) is 4.79 Å². The van der Waals surface area contributed by atoms with Crippen LogP contribution in [0.4, 0.5) is 0 Å². The number of nitrogens with two attached hydrogens (primary N) is 1. The molecule has 0 bridgehead atoms. The van der Waals surface area contributed by atoms with Gasteiger partial charge in [-0.2, -0.15) is 0 Å². The molecule has 4 nitrogen and oxygen atoms in total. The Labute approximate surface area is 89.4 Å². The molecule has 0 radical (unpaired) electrons. The molecule has 1 rings (SSSR count). The Morgan fingerprint density at radius 1 is 1.60 bits per heavy atom. The van der Waals surface area contributed by atoms with Crippen LogP contribution >= 0.6 is 0 Å². The smallest absolute Gasteiger partial charge is 0.228 e. The van der Waals surface area contributed by atoms with Crippen LogP contribution in [0.25, 0.3) is 0 Å². The van der Waals surface area contributed by atoms with Gasteiger partial charge < -0.3 is 15.8 Å². The van der Waals surface area contributed by atoms with Gasteiger partial charge in [-0.15, -0.1) is 0 Å². The van der Waals surface area contributed by atoms with Gasteiger partial charge >= 0.3 is 0 Å². The highest BCUT2D eigenvalue weighted by molar-refractivity contribution is 5.83. The fraction of sp³-hybridized carbons (Fsp3) is 0.364. The molecule has 0 saturated heterocycles. The van der Waals surface area contributed by atoms with E-state index in [4.69, 9.17) is 10.5 Å². The summed E-state index contributed by atoms with van der Waals surface area (Å²) in [4.78, 5) is 11.5. The lowest BCUT2D eigenvalue weighted by Crippen LogP contribution is -2.30. The van der Waals surface area contributed by atoms with E-state index in [1.807, 2.05) is 24.3 Å². The van der Waals surface area contributed by atoms with E-state index >= 15 is 0 Å². The van der Waals surface area contributed by atoms with Gasteiger partial charge in [0.15, 0.2) is 0 Å². The van der Waals surface area contributed by atoms with Crippen molar-refractivity contribution in [3.05, 3.63) is 29.8 Å². The molecule has 4 heteroatoms. The van der Waals surface area contributed by atoms with Crippen molar-refractivity contribution < 1.29 is 9.53 Å². The van der Waals surface area contributed by atoms with Crippen LogP contribution in [0, 0.1) is 0 Å². The summed E-state index contributed by atoms with van der Waals surface area (Å²) in [7, 11) is 3.20. The fourth-order valence-electron chi connectivity index (χ4n) is 1.43. The molecular formula is C11H16N2O2. The number of nitrogens with one attached hydrogen (secondary N) is 1.